The molecule has 5 heteroatoms. The minimum absolute atomic E-state index is 0.177. The van der Waals surface area contributed by atoms with E-state index in [2.05, 4.69) is 27.6 Å². The zero-order valence-corrected chi connectivity index (χ0v) is 12.0. The second-order valence-corrected chi connectivity index (χ2v) is 5.21. The van der Waals surface area contributed by atoms with Gasteiger partial charge in [0.05, 0.1) is 11.3 Å². The first-order valence-corrected chi connectivity index (χ1v) is 7.07. The lowest BCUT2D eigenvalue weighted by Gasteiger charge is -2.02. The summed E-state index contributed by atoms with van der Waals surface area (Å²) in [6, 6.07) is 13.7. The Morgan fingerprint density at radius 2 is 1.90 bits per heavy atom. The van der Waals surface area contributed by atoms with E-state index in [1.807, 2.05) is 24.3 Å². The van der Waals surface area contributed by atoms with E-state index < -0.39 is 0 Å². The van der Waals surface area contributed by atoms with Crippen molar-refractivity contribution in [3.8, 4) is 0 Å². The molecular weight excluding hydrogens is 286 g/mol. The van der Waals surface area contributed by atoms with E-state index in [1.54, 1.807) is 12.1 Å². The molecular formula is C16H14ClN3O. The molecule has 0 aliphatic carbocycles. The third kappa shape index (κ3) is 3.23. The Balaban J connectivity index is 1.75. The number of hydrogen-bond acceptors (Lipinski definition) is 2. The van der Waals surface area contributed by atoms with Crippen LogP contribution in [0.3, 0.4) is 0 Å². The average Bonchev–Trinajstić information content (AvgIpc) is 3.06. The molecule has 2 aromatic rings. The van der Waals surface area contributed by atoms with E-state index in [0.717, 1.165) is 17.8 Å². The predicted octanol–water partition coefficient (Wildman–Crippen LogP) is 3.17. The van der Waals surface area contributed by atoms with E-state index in [1.165, 1.54) is 5.56 Å². The maximum atomic E-state index is 11.9. The summed E-state index contributed by atoms with van der Waals surface area (Å²) in [5.41, 5.74) is 5.89. The molecule has 4 nitrogen and oxygen atoms in total. The molecule has 1 aromatic carbocycles. The summed E-state index contributed by atoms with van der Waals surface area (Å²) in [5, 5.41) is 4.66. The molecule has 21 heavy (non-hydrogen) atoms. The largest absolute Gasteiger partial charge is 0.346 e. The van der Waals surface area contributed by atoms with Gasteiger partial charge in [-0.1, -0.05) is 41.9 Å². The maximum absolute atomic E-state index is 11.9. The van der Waals surface area contributed by atoms with Crippen LogP contribution in [0.2, 0.25) is 5.15 Å². The molecule has 1 aromatic heterocycles. The van der Waals surface area contributed by atoms with Gasteiger partial charge in [0, 0.05) is 5.69 Å². The second kappa shape index (κ2) is 5.97. The van der Waals surface area contributed by atoms with Gasteiger partial charge in [0.2, 0.25) is 0 Å². The lowest BCUT2D eigenvalue weighted by Crippen LogP contribution is -2.13. The number of carbonyl (C=O) groups is 1. The average molecular weight is 300 g/mol. The van der Waals surface area contributed by atoms with Gasteiger partial charge < -0.3 is 4.98 Å². The number of benzene rings is 1. The number of hydrogen-bond donors (Lipinski definition) is 2. The van der Waals surface area contributed by atoms with Gasteiger partial charge in [0.1, 0.15) is 5.15 Å². The lowest BCUT2D eigenvalue weighted by atomic mass is 10.0. The van der Waals surface area contributed by atoms with Crippen molar-refractivity contribution in [2.75, 3.05) is 0 Å². The van der Waals surface area contributed by atoms with E-state index in [0.29, 0.717) is 17.1 Å². The number of H-pyrrole nitrogens is 1. The summed E-state index contributed by atoms with van der Waals surface area (Å²) >= 11 is 5.84. The van der Waals surface area contributed by atoms with Gasteiger partial charge in [-0.25, -0.2) is 5.43 Å². The van der Waals surface area contributed by atoms with E-state index in [9.17, 15) is 4.79 Å². The fourth-order valence-corrected chi connectivity index (χ4v) is 2.41. The number of rotatable bonds is 4. The van der Waals surface area contributed by atoms with Gasteiger partial charge in [-0.2, -0.15) is 5.10 Å². The number of aromatic amines is 1. The summed E-state index contributed by atoms with van der Waals surface area (Å²) in [6.07, 6.45) is 3.33. The summed E-state index contributed by atoms with van der Waals surface area (Å²) in [5.74, 6) is -0.177. The van der Waals surface area contributed by atoms with Crippen LogP contribution < -0.4 is 5.43 Å². The third-order valence-electron chi connectivity index (χ3n) is 3.31. The Bertz CT molecular complexity index is 716. The van der Waals surface area contributed by atoms with Gasteiger partial charge in [-0.15, -0.1) is 0 Å². The van der Waals surface area contributed by atoms with Crippen LogP contribution in [-0.2, 0) is 11.2 Å². The van der Waals surface area contributed by atoms with Crippen LogP contribution >= 0.6 is 11.6 Å². The number of hydrazone groups is 1. The Morgan fingerprint density at radius 1 is 1.10 bits per heavy atom. The Hall–Kier alpha value is -2.33. The molecule has 1 aliphatic rings. The standard InChI is InChI=1S/C16H14ClN3O/c17-15-9-7-12(18-15)10-13-14(19-20-16(13)21)8-6-11-4-2-1-3-5-11/h1-5,7,9-10,18H,6,8H2,(H,20,21). The van der Waals surface area contributed by atoms with Crippen molar-refractivity contribution in [2.45, 2.75) is 12.8 Å². The van der Waals surface area contributed by atoms with Crippen molar-refractivity contribution < 1.29 is 4.79 Å². The zero-order chi connectivity index (χ0) is 14.7. The molecule has 106 valence electrons. The predicted molar refractivity (Wildman–Crippen MR) is 84.1 cm³/mol. The first-order valence-electron chi connectivity index (χ1n) is 6.70. The SMILES string of the molecule is O=C1NN=C(CCc2ccccc2)C1=Cc1ccc(Cl)[nH]1. The second-order valence-electron chi connectivity index (χ2n) is 4.80. The van der Waals surface area contributed by atoms with Crippen molar-refractivity contribution in [3.63, 3.8) is 0 Å². The molecule has 2 N–H and O–H groups in total. The molecule has 1 amide bonds. The number of nitrogens with zero attached hydrogens (tertiary/aromatic N) is 1. The van der Waals surface area contributed by atoms with Crippen LogP contribution in [-0.4, -0.2) is 16.6 Å². The molecule has 3 rings (SSSR count). The van der Waals surface area contributed by atoms with E-state index in [4.69, 9.17) is 11.6 Å². The molecule has 0 unspecified atom stereocenters. The molecule has 1 aliphatic heterocycles. The first-order chi connectivity index (χ1) is 10.2. The Morgan fingerprint density at radius 3 is 2.62 bits per heavy atom. The summed E-state index contributed by atoms with van der Waals surface area (Å²) in [7, 11) is 0. The number of nitrogens with one attached hydrogen (secondary N) is 2. The molecule has 2 heterocycles. The fraction of sp³-hybridized carbons (Fsp3) is 0.125. The minimum atomic E-state index is -0.177. The minimum Gasteiger partial charge on any atom is -0.346 e. The zero-order valence-electron chi connectivity index (χ0n) is 11.3. The van der Waals surface area contributed by atoms with E-state index in [-0.39, 0.29) is 5.91 Å². The van der Waals surface area contributed by atoms with Crippen molar-refractivity contribution in [1.29, 1.82) is 0 Å². The van der Waals surface area contributed by atoms with Crippen LogP contribution in [0.25, 0.3) is 6.08 Å². The number of aromatic nitrogens is 1. The molecule has 0 saturated carbocycles. The normalized spacial score (nSPS) is 16.1. The molecule has 0 fully saturated rings. The van der Waals surface area contributed by atoms with Crippen LogP contribution in [0.1, 0.15) is 17.7 Å². The molecule has 0 bridgehead atoms. The maximum Gasteiger partial charge on any atom is 0.273 e. The Kier molecular flexibility index (Phi) is 3.88. The van der Waals surface area contributed by atoms with Crippen LogP contribution in [0.15, 0.2) is 53.1 Å². The molecule has 0 saturated heterocycles. The van der Waals surface area contributed by atoms with Gasteiger partial charge >= 0.3 is 0 Å². The number of carbonyl (C=O) groups excluding carboxylic acids is 1. The highest BCUT2D eigenvalue weighted by atomic mass is 35.5. The highest BCUT2D eigenvalue weighted by Crippen LogP contribution is 2.17. The molecule has 0 atom stereocenters. The van der Waals surface area contributed by atoms with Crippen molar-refractivity contribution in [2.24, 2.45) is 5.10 Å². The van der Waals surface area contributed by atoms with Gasteiger partial charge in [0.25, 0.3) is 5.91 Å². The lowest BCUT2D eigenvalue weighted by molar-refractivity contribution is -0.116. The topological polar surface area (TPSA) is 57.2 Å². The highest BCUT2D eigenvalue weighted by molar-refractivity contribution is 6.30. The summed E-state index contributed by atoms with van der Waals surface area (Å²) in [6.45, 7) is 0. The third-order valence-corrected chi connectivity index (χ3v) is 3.53. The monoisotopic (exact) mass is 299 g/mol. The number of aryl methyl sites for hydroxylation is 1. The smallest absolute Gasteiger partial charge is 0.273 e. The number of amides is 1. The van der Waals surface area contributed by atoms with Gasteiger partial charge in [0.15, 0.2) is 0 Å². The van der Waals surface area contributed by atoms with Crippen molar-refractivity contribution >= 4 is 29.3 Å². The summed E-state index contributed by atoms with van der Waals surface area (Å²) < 4.78 is 0. The number of halogens is 1. The molecule has 0 radical (unpaired) electrons. The van der Waals surface area contributed by atoms with E-state index >= 15 is 0 Å². The first kappa shape index (κ1) is 13.6. The molecule has 0 spiro atoms. The van der Waals surface area contributed by atoms with Crippen molar-refractivity contribution in [3.05, 3.63) is 64.4 Å². The van der Waals surface area contributed by atoms with Crippen LogP contribution in [0.5, 0.6) is 0 Å². The highest BCUT2D eigenvalue weighted by Gasteiger charge is 2.22. The Labute approximate surface area is 127 Å². The fourth-order valence-electron chi connectivity index (χ4n) is 2.24. The van der Waals surface area contributed by atoms with Crippen LogP contribution in [0, 0.1) is 0 Å². The van der Waals surface area contributed by atoms with Gasteiger partial charge in [-0.05, 0) is 36.6 Å². The quantitative estimate of drug-likeness (QED) is 0.837. The van der Waals surface area contributed by atoms with Crippen LogP contribution in [0.4, 0.5) is 0 Å². The summed E-state index contributed by atoms with van der Waals surface area (Å²) in [4.78, 5) is 14.8. The van der Waals surface area contributed by atoms with Crippen molar-refractivity contribution in [1.82, 2.24) is 10.4 Å². The van der Waals surface area contributed by atoms with Gasteiger partial charge in [-0.3, -0.25) is 4.79 Å².